The van der Waals surface area contributed by atoms with Crippen LogP contribution in [0.4, 0.5) is 13.6 Å². The molecule has 1 aliphatic heterocycles. The Morgan fingerprint density at radius 1 is 1.43 bits per heavy atom. The van der Waals surface area contributed by atoms with Gasteiger partial charge in [-0.1, -0.05) is 47.3 Å². The van der Waals surface area contributed by atoms with Gasteiger partial charge < -0.3 is 9.84 Å². The van der Waals surface area contributed by atoms with Gasteiger partial charge in [-0.05, 0) is 35.7 Å². The number of hydrogen-bond acceptors (Lipinski definition) is 4. The van der Waals surface area contributed by atoms with Crippen LogP contribution < -0.4 is 0 Å². The SMILES string of the molecule is C[Si](C)(C)CCOCN(C(=O)O)C1=N[C@](CF)(c2cc(Br)ccc2F)C=CS1. The topological polar surface area (TPSA) is 62.1 Å². The number of hydrogen-bond donors (Lipinski definition) is 1. The maximum Gasteiger partial charge on any atom is 0.415 e. The van der Waals surface area contributed by atoms with Crippen LogP contribution in [-0.2, 0) is 10.3 Å². The minimum atomic E-state index is -1.62. The van der Waals surface area contributed by atoms with Crippen LogP contribution in [0.3, 0.4) is 0 Å². The second-order valence-corrected chi connectivity index (χ2v) is 15.0. The Labute approximate surface area is 177 Å². The Hall–Kier alpha value is -1.23. The molecule has 0 bridgehead atoms. The summed E-state index contributed by atoms with van der Waals surface area (Å²) in [5.41, 5.74) is -1.59. The van der Waals surface area contributed by atoms with E-state index in [0.717, 1.165) is 22.7 Å². The summed E-state index contributed by atoms with van der Waals surface area (Å²) in [5.74, 6) is -0.617. The number of benzene rings is 1. The molecule has 0 aromatic heterocycles. The van der Waals surface area contributed by atoms with E-state index in [0.29, 0.717) is 11.1 Å². The van der Waals surface area contributed by atoms with Crippen LogP contribution in [0.5, 0.6) is 0 Å². The Morgan fingerprint density at radius 3 is 2.75 bits per heavy atom. The van der Waals surface area contributed by atoms with Crippen LogP contribution in [0.25, 0.3) is 0 Å². The summed E-state index contributed by atoms with van der Waals surface area (Å²) in [6.07, 6.45) is 0.176. The van der Waals surface area contributed by atoms with E-state index in [1.54, 1.807) is 0 Å². The van der Waals surface area contributed by atoms with Gasteiger partial charge in [0.1, 0.15) is 24.8 Å². The first-order chi connectivity index (χ1) is 13.1. The second kappa shape index (κ2) is 9.51. The number of rotatable bonds is 7. The zero-order valence-corrected chi connectivity index (χ0v) is 19.3. The number of thioether (sulfide) groups is 1. The minimum Gasteiger partial charge on any atom is -0.465 e. The molecular formula is C18H23BrF2N2O3SSi. The molecule has 1 N–H and O–H groups in total. The van der Waals surface area contributed by atoms with Crippen molar-refractivity contribution in [2.45, 2.75) is 31.2 Å². The summed E-state index contributed by atoms with van der Waals surface area (Å²) in [5, 5.41) is 11.1. The minimum absolute atomic E-state index is 0.0309. The van der Waals surface area contributed by atoms with E-state index in [1.807, 2.05) is 0 Å². The third-order valence-corrected chi connectivity index (χ3v) is 7.08. The zero-order valence-electron chi connectivity index (χ0n) is 15.9. The summed E-state index contributed by atoms with van der Waals surface area (Å²) < 4.78 is 34.5. The molecule has 2 rings (SSSR count). The van der Waals surface area contributed by atoms with Crippen molar-refractivity contribution in [3.63, 3.8) is 0 Å². The Morgan fingerprint density at radius 2 is 2.14 bits per heavy atom. The molecule has 1 aromatic rings. The number of ether oxygens (including phenoxy) is 1. The largest absolute Gasteiger partial charge is 0.465 e. The third kappa shape index (κ3) is 5.88. The molecule has 0 radical (unpaired) electrons. The molecular weight excluding hydrogens is 470 g/mol. The van der Waals surface area contributed by atoms with E-state index >= 15 is 0 Å². The highest BCUT2D eigenvalue weighted by Crippen LogP contribution is 2.37. The molecule has 28 heavy (non-hydrogen) atoms. The zero-order chi connectivity index (χ0) is 20.9. The first-order valence-corrected chi connectivity index (χ1v) is 14.0. The molecule has 5 nitrogen and oxygen atoms in total. The molecule has 1 amide bonds. The van der Waals surface area contributed by atoms with Crippen LogP contribution in [0.1, 0.15) is 5.56 Å². The molecule has 154 valence electrons. The predicted octanol–water partition coefficient (Wildman–Crippen LogP) is 5.66. The van der Waals surface area contributed by atoms with Gasteiger partial charge in [-0.3, -0.25) is 0 Å². The summed E-state index contributed by atoms with van der Waals surface area (Å²) in [6.45, 7) is 5.79. The third-order valence-electron chi connectivity index (χ3n) is 4.09. The molecule has 0 aliphatic carbocycles. The number of nitrogens with zero attached hydrogens (tertiary/aromatic N) is 2. The molecule has 0 unspecified atom stereocenters. The standard InChI is InChI=1S/C18H23BrF2N2O3SSi/c1-28(2,3)9-7-26-12-23(17(24)25)16-22-18(11-20,6-8-27-16)14-10-13(19)4-5-15(14)21/h4-6,8,10H,7,9,11-12H2,1-3H3,(H,24,25)/t18-/m1/s1. The van der Waals surface area contributed by atoms with Crippen LogP contribution in [0.15, 0.2) is 39.1 Å². The fourth-order valence-electron chi connectivity index (χ4n) is 2.42. The average Bonchev–Trinajstić information content (AvgIpc) is 2.62. The van der Waals surface area contributed by atoms with E-state index in [4.69, 9.17) is 4.74 Å². The van der Waals surface area contributed by atoms with Crippen LogP contribution in [0, 0.1) is 5.82 Å². The second-order valence-electron chi connectivity index (χ2n) is 7.56. The van der Waals surface area contributed by atoms with Crippen molar-refractivity contribution in [1.29, 1.82) is 0 Å². The quantitative estimate of drug-likeness (QED) is 0.303. The summed E-state index contributed by atoms with van der Waals surface area (Å²) >= 11 is 4.28. The molecule has 1 heterocycles. The van der Waals surface area contributed by atoms with Gasteiger partial charge in [0, 0.05) is 24.7 Å². The van der Waals surface area contributed by atoms with Crippen molar-refractivity contribution in [1.82, 2.24) is 4.90 Å². The van der Waals surface area contributed by atoms with Crippen molar-refractivity contribution >= 4 is 47.0 Å². The first-order valence-electron chi connectivity index (χ1n) is 8.62. The highest BCUT2D eigenvalue weighted by Gasteiger charge is 2.37. The van der Waals surface area contributed by atoms with Gasteiger partial charge >= 0.3 is 6.09 Å². The van der Waals surface area contributed by atoms with Crippen LogP contribution in [0.2, 0.25) is 25.7 Å². The first kappa shape index (κ1) is 23.0. The number of carbonyl (C=O) groups is 1. The lowest BCUT2D eigenvalue weighted by molar-refractivity contribution is 0.0704. The Bertz CT molecular complexity index is 789. The van der Waals surface area contributed by atoms with Gasteiger partial charge in [0.25, 0.3) is 0 Å². The van der Waals surface area contributed by atoms with E-state index in [-0.39, 0.29) is 17.5 Å². The fourth-order valence-corrected chi connectivity index (χ4v) is 4.42. The predicted molar refractivity (Wildman–Crippen MR) is 115 cm³/mol. The van der Waals surface area contributed by atoms with Gasteiger partial charge in [-0.25, -0.2) is 23.5 Å². The molecule has 0 fully saturated rings. The molecule has 1 aliphatic rings. The Balaban J connectivity index is 2.28. The maximum atomic E-state index is 14.4. The lowest BCUT2D eigenvalue weighted by Crippen LogP contribution is -2.40. The number of alkyl halides is 1. The van der Waals surface area contributed by atoms with Crippen LogP contribution >= 0.6 is 27.7 Å². The number of aliphatic imine (C=N–C) groups is 1. The van der Waals surface area contributed by atoms with Crippen LogP contribution in [-0.4, -0.2) is 49.4 Å². The van der Waals surface area contributed by atoms with Crippen molar-refractivity contribution in [3.05, 3.63) is 45.5 Å². The number of amides is 1. The van der Waals surface area contributed by atoms with Gasteiger partial charge in [-0.2, -0.15) is 0 Å². The summed E-state index contributed by atoms with van der Waals surface area (Å²) in [7, 11) is -1.31. The molecule has 10 heteroatoms. The average molecular weight is 493 g/mol. The highest BCUT2D eigenvalue weighted by molar-refractivity contribution is 9.10. The van der Waals surface area contributed by atoms with E-state index < -0.39 is 32.2 Å². The molecule has 1 aromatic carbocycles. The Kier molecular flexibility index (Phi) is 7.83. The molecule has 0 spiro atoms. The van der Waals surface area contributed by atoms with Gasteiger partial charge in [0.15, 0.2) is 5.17 Å². The van der Waals surface area contributed by atoms with Gasteiger partial charge in [0.05, 0.1) is 0 Å². The monoisotopic (exact) mass is 492 g/mol. The van der Waals surface area contributed by atoms with E-state index in [9.17, 15) is 18.7 Å². The van der Waals surface area contributed by atoms with Crippen molar-refractivity contribution in [2.75, 3.05) is 20.0 Å². The van der Waals surface area contributed by atoms with E-state index in [1.165, 1.54) is 29.7 Å². The normalized spacial score (nSPS) is 19.4. The van der Waals surface area contributed by atoms with Crippen molar-refractivity contribution in [3.8, 4) is 0 Å². The number of halogens is 3. The fraction of sp³-hybridized carbons (Fsp3) is 0.444. The number of amidine groups is 1. The summed E-state index contributed by atoms with van der Waals surface area (Å²) in [4.78, 5) is 16.9. The molecule has 1 atom stereocenters. The maximum absolute atomic E-state index is 14.4. The highest BCUT2D eigenvalue weighted by atomic mass is 79.9. The lowest BCUT2D eigenvalue weighted by Gasteiger charge is -2.31. The van der Waals surface area contributed by atoms with Gasteiger partial charge in [0.2, 0.25) is 0 Å². The number of carboxylic acid groups (broad SMARTS) is 1. The van der Waals surface area contributed by atoms with E-state index in [2.05, 4.69) is 40.6 Å². The van der Waals surface area contributed by atoms with Crippen molar-refractivity contribution < 1.29 is 23.4 Å². The van der Waals surface area contributed by atoms with Gasteiger partial charge in [-0.15, -0.1) is 0 Å². The molecule has 0 saturated carbocycles. The summed E-state index contributed by atoms with van der Waals surface area (Å²) in [6, 6.07) is 5.06. The molecule has 0 saturated heterocycles. The van der Waals surface area contributed by atoms with Crippen molar-refractivity contribution in [2.24, 2.45) is 4.99 Å². The lowest BCUT2D eigenvalue weighted by atomic mass is 9.91. The smallest absolute Gasteiger partial charge is 0.415 e.